The van der Waals surface area contributed by atoms with E-state index in [0.29, 0.717) is 0 Å². The molecule has 2 aromatic carbocycles. The molecule has 138 valence electrons. The molecule has 1 saturated heterocycles. The first-order chi connectivity index (χ1) is 13.3. The number of hydrogen-bond acceptors (Lipinski definition) is 4. The molecule has 3 aromatic rings. The number of benzene rings is 2. The van der Waals surface area contributed by atoms with Gasteiger partial charge in [-0.25, -0.2) is 9.48 Å². The van der Waals surface area contributed by atoms with Gasteiger partial charge in [0.15, 0.2) is 0 Å². The second-order valence-electron chi connectivity index (χ2n) is 6.68. The van der Waals surface area contributed by atoms with Crippen molar-refractivity contribution in [3.63, 3.8) is 0 Å². The molecule has 4 rings (SSSR count). The Balaban J connectivity index is 1.61. The summed E-state index contributed by atoms with van der Waals surface area (Å²) in [6.07, 6.45) is 3.88. The molecular formula is C21H22N4O2. The molecule has 0 aliphatic carbocycles. The Morgan fingerprint density at radius 2 is 1.93 bits per heavy atom. The monoisotopic (exact) mass is 362 g/mol. The van der Waals surface area contributed by atoms with E-state index in [1.165, 1.54) is 0 Å². The summed E-state index contributed by atoms with van der Waals surface area (Å²) in [7, 11) is 0. The molecular weight excluding hydrogens is 340 g/mol. The van der Waals surface area contributed by atoms with Gasteiger partial charge in [0, 0.05) is 0 Å². The number of fused-ring (bicyclic) bond motifs is 1. The van der Waals surface area contributed by atoms with E-state index in [2.05, 4.69) is 16.9 Å². The van der Waals surface area contributed by atoms with Crippen molar-refractivity contribution in [3.05, 3.63) is 72.8 Å². The molecule has 1 aliphatic rings. The number of likely N-dealkylation sites (tertiary alicyclic amines) is 1. The van der Waals surface area contributed by atoms with Crippen molar-refractivity contribution in [3.8, 4) is 0 Å². The molecule has 2 atom stereocenters. The van der Waals surface area contributed by atoms with Crippen LogP contribution in [0.3, 0.4) is 0 Å². The average Bonchev–Trinajstić information content (AvgIpc) is 3.16. The van der Waals surface area contributed by atoms with Crippen LogP contribution in [0, 0.1) is 0 Å². The fourth-order valence-electron chi connectivity index (χ4n) is 3.64. The first-order valence-electron chi connectivity index (χ1n) is 9.19. The Kier molecular flexibility index (Phi) is 4.87. The Morgan fingerprint density at radius 3 is 2.74 bits per heavy atom. The van der Waals surface area contributed by atoms with Gasteiger partial charge in [0.25, 0.3) is 0 Å². The second kappa shape index (κ2) is 7.61. The summed E-state index contributed by atoms with van der Waals surface area (Å²) in [6, 6.07) is 17.4. The van der Waals surface area contributed by atoms with Gasteiger partial charge in [0.1, 0.15) is 18.3 Å². The highest BCUT2D eigenvalue weighted by atomic mass is 16.6. The third kappa shape index (κ3) is 3.43. The molecule has 2 heterocycles. The largest absolute Gasteiger partial charge is 0.444 e. The standard InChI is InChI=1S/C21H22N4O2/c1-2-17-11-8-14-20(25-19-13-7-6-12-18(19)22-23-25)24(17)21(26)27-15-16-9-4-3-5-10-16/h2-7,9-10,12-13,17,20H,1,8,11,14-15H2. The lowest BCUT2D eigenvalue weighted by Crippen LogP contribution is -2.47. The number of aromatic nitrogens is 3. The Hall–Kier alpha value is -3.15. The molecule has 1 fully saturated rings. The summed E-state index contributed by atoms with van der Waals surface area (Å²) in [5.41, 5.74) is 2.68. The first kappa shape index (κ1) is 17.3. The number of nitrogens with zero attached hydrogens (tertiary/aromatic N) is 4. The molecule has 0 bridgehead atoms. The van der Waals surface area contributed by atoms with Gasteiger partial charge in [-0.2, -0.15) is 0 Å². The Labute approximate surface area is 158 Å². The molecule has 1 aromatic heterocycles. The number of amides is 1. The number of carbonyl (C=O) groups is 1. The molecule has 0 spiro atoms. The van der Waals surface area contributed by atoms with Crippen molar-refractivity contribution in [2.45, 2.75) is 38.1 Å². The molecule has 1 amide bonds. The maximum absolute atomic E-state index is 13.0. The Morgan fingerprint density at radius 1 is 1.15 bits per heavy atom. The van der Waals surface area contributed by atoms with Crippen molar-refractivity contribution < 1.29 is 9.53 Å². The summed E-state index contributed by atoms with van der Waals surface area (Å²) in [6.45, 7) is 4.16. The summed E-state index contributed by atoms with van der Waals surface area (Å²) in [4.78, 5) is 14.7. The van der Waals surface area contributed by atoms with Crippen LogP contribution in [0.5, 0.6) is 0 Å². The minimum Gasteiger partial charge on any atom is -0.444 e. The van der Waals surface area contributed by atoms with Gasteiger partial charge in [-0.05, 0) is 37.0 Å². The van der Waals surface area contributed by atoms with Crippen molar-refractivity contribution in [1.29, 1.82) is 0 Å². The van der Waals surface area contributed by atoms with Gasteiger partial charge in [0.05, 0.1) is 11.6 Å². The molecule has 27 heavy (non-hydrogen) atoms. The predicted octanol–water partition coefficient (Wildman–Crippen LogP) is 4.31. The van der Waals surface area contributed by atoms with E-state index in [4.69, 9.17) is 4.74 Å². The van der Waals surface area contributed by atoms with Crippen LogP contribution >= 0.6 is 0 Å². The Bertz CT molecular complexity index is 938. The lowest BCUT2D eigenvalue weighted by atomic mass is 10.00. The number of carbonyl (C=O) groups excluding carboxylic acids is 1. The van der Waals surface area contributed by atoms with Crippen LogP contribution in [-0.4, -0.2) is 32.0 Å². The summed E-state index contributed by atoms with van der Waals surface area (Å²) in [5.74, 6) is 0. The van der Waals surface area contributed by atoms with Crippen molar-refractivity contribution >= 4 is 17.1 Å². The number of ether oxygens (including phenoxy) is 1. The van der Waals surface area contributed by atoms with E-state index < -0.39 is 0 Å². The highest BCUT2D eigenvalue weighted by molar-refractivity contribution is 5.74. The van der Waals surface area contributed by atoms with Crippen molar-refractivity contribution in [2.75, 3.05) is 0 Å². The third-order valence-corrected chi connectivity index (χ3v) is 4.99. The normalized spacial score (nSPS) is 19.8. The number of rotatable bonds is 4. The maximum Gasteiger partial charge on any atom is 0.412 e. The van der Waals surface area contributed by atoms with Crippen LogP contribution in [0.4, 0.5) is 4.79 Å². The average molecular weight is 362 g/mol. The molecule has 2 unspecified atom stereocenters. The van der Waals surface area contributed by atoms with Crippen LogP contribution < -0.4 is 0 Å². The number of piperidine rings is 1. The lowest BCUT2D eigenvalue weighted by molar-refractivity contribution is 0.0275. The summed E-state index contributed by atoms with van der Waals surface area (Å²) in [5, 5.41) is 8.56. The van der Waals surface area contributed by atoms with E-state index in [-0.39, 0.29) is 24.9 Å². The fourth-order valence-corrected chi connectivity index (χ4v) is 3.64. The number of para-hydroxylation sites is 1. The lowest BCUT2D eigenvalue weighted by Gasteiger charge is -2.39. The van der Waals surface area contributed by atoms with Gasteiger partial charge in [-0.3, -0.25) is 4.90 Å². The fraction of sp³-hybridized carbons (Fsp3) is 0.286. The van der Waals surface area contributed by atoms with Gasteiger partial charge in [-0.15, -0.1) is 11.7 Å². The number of hydrogen-bond donors (Lipinski definition) is 0. The molecule has 0 N–H and O–H groups in total. The topological polar surface area (TPSA) is 60.2 Å². The maximum atomic E-state index is 13.0. The molecule has 0 saturated carbocycles. The zero-order valence-corrected chi connectivity index (χ0v) is 15.1. The SMILES string of the molecule is C=CC1CCCC(n2nnc3ccccc32)N1C(=O)OCc1ccccc1. The second-order valence-corrected chi connectivity index (χ2v) is 6.68. The van der Waals surface area contributed by atoms with Gasteiger partial charge >= 0.3 is 6.09 Å². The van der Waals surface area contributed by atoms with Crippen LogP contribution in [0.1, 0.15) is 31.0 Å². The summed E-state index contributed by atoms with van der Waals surface area (Å²) >= 11 is 0. The molecule has 6 nitrogen and oxygen atoms in total. The van der Waals surface area contributed by atoms with E-state index in [0.717, 1.165) is 35.9 Å². The van der Waals surface area contributed by atoms with Gasteiger partial charge < -0.3 is 4.74 Å². The third-order valence-electron chi connectivity index (χ3n) is 4.99. The zero-order valence-electron chi connectivity index (χ0n) is 15.1. The zero-order chi connectivity index (χ0) is 18.6. The molecule has 0 radical (unpaired) electrons. The van der Waals surface area contributed by atoms with E-state index in [9.17, 15) is 4.79 Å². The quantitative estimate of drug-likeness (QED) is 0.649. The highest BCUT2D eigenvalue weighted by Gasteiger charge is 2.36. The van der Waals surface area contributed by atoms with Crippen molar-refractivity contribution in [1.82, 2.24) is 19.9 Å². The highest BCUT2D eigenvalue weighted by Crippen LogP contribution is 2.33. The minimum absolute atomic E-state index is 0.0880. The van der Waals surface area contributed by atoms with Gasteiger partial charge in [-0.1, -0.05) is 53.8 Å². The van der Waals surface area contributed by atoms with Crippen LogP contribution in [0.15, 0.2) is 67.3 Å². The minimum atomic E-state index is -0.354. The molecule has 1 aliphatic heterocycles. The van der Waals surface area contributed by atoms with Crippen LogP contribution in [0.2, 0.25) is 0 Å². The smallest absolute Gasteiger partial charge is 0.412 e. The van der Waals surface area contributed by atoms with Gasteiger partial charge in [0.2, 0.25) is 0 Å². The van der Waals surface area contributed by atoms with E-state index in [1.807, 2.05) is 65.4 Å². The van der Waals surface area contributed by atoms with E-state index in [1.54, 1.807) is 4.90 Å². The molecule has 6 heteroatoms. The predicted molar refractivity (Wildman–Crippen MR) is 103 cm³/mol. The summed E-state index contributed by atoms with van der Waals surface area (Å²) < 4.78 is 7.45. The van der Waals surface area contributed by atoms with Crippen molar-refractivity contribution in [2.24, 2.45) is 0 Å². The first-order valence-corrected chi connectivity index (χ1v) is 9.19. The van der Waals surface area contributed by atoms with Crippen LogP contribution in [0.25, 0.3) is 11.0 Å². The van der Waals surface area contributed by atoms with Crippen LogP contribution in [-0.2, 0) is 11.3 Å². The van der Waals surface area contributed by atoms with E-state index >= 15 is 0 Å².